The van der Waals surface area contributed by atoms with E-state index < -0.39 is 10.0 Å². The van der Waals surface area contributed by atoms with Crippen molar-refractivity contribution in [2.75, 3.05) is 10.0 Å². The second kappa shape index (κ2) is 8.33. The van der Waals surface area contributed by atoms with Crippen LogP contribution in [0.5, 0.6) is 0 Å². The normalized spacial score (nSPS) is 16.3. The molecule has 8 heteroatoms. The average Bonchev–Trinajstić information content (AvgIpc) is 3.09. The highest BCUT2D eigenvalue weighted by atomic mass is 35.5. The van der Waals surface area contributed by atoms with E-state index in [1.165, 1.54) is 12.1 Å². The number of hydrogen-bond donors (Lipinski definition) is 2. The lowest BCUT2D eigenvalue weighted by Gasteiger charge is -2.12. The van der Waals surface area contributed by atoms with Crippen LogP contribution >= 0.6 is 23.2 Å². The number of sulfonamides is 1. The van der Waals surface area contributed by atoms with E-state index in [0.29, 0.717) is 17.8 Å². The van der Waals surface area contributed by atoms with Crippen molar-refractivity contribution in [1.29, 1.82) is 0 Å². The van der Waals surface area contributed by atoms with Crippen LogP contribution in [0.4, 0.5) is 11.4 Å². The van der Waals surface area contributed by atoms with E-state index in [1.54, 1.807) is 30.3 Å². The first-order chi connectivity index (χ1) is 12.8. The van der Waals surface area contributed by atoms with Crippen molar-refractivity contribution < 1.29 is 13.2 Å². The third-order valence-corrected chi connectivity index (χ3v) is 6.50. The number of hydrogen-bond acceptors (Lipinski definition) is 3. The number of benzene rings is 2. The van der Waals surface area contributed by atoms with Crippen molar-refractivity contribution in [1.82, 2.24) is 0 Å². The second-order valence-corrected chi connectivity index (χ2v) is 8.69. The fourth-order valence-electron chi connectivity index (χ4n) is 2.88. The molecule has 1 amide bonds. The molecule has 0 bridgehead atoms. The molecule has 1 atom stereocenters. The minimum absolute atomic E-state index is 0.0415. The van der Waals surface area contributed by atoms with Crippen molar-refractivity contribution in [3.8, 4) is 0 Å². The van der Waals surface area contributed by atoms with Crippen LogP contribution in [0.3, 0.4) is 0 Å². The Kier molecular flexibility index (Phi) is 6.09. The van der Waals surface area contributed by atoms with Crippen LogP contribution in [0, 0.1) is 5.92 Å². The van der Waals surface area contributed by atoms with Gasteiger partial charge in [-0.15, -0.1) is 0 Å². The largest absolute Gasteiger partial charge is 0.326 e. The first-order valence-electron chi connectivity index (χ1n) is 8.38. The zero-order valence-corrected chi connectivity index (χ0v) is 16.6. The molecular weight excluding hydrogens is 407 g/mol. The summed E-state index contributed by atoms with van der Waals surface area (Å²) in [6.45, 7) is 0. The third kappa shape index (κ3) is 5.03. The van der Waals surface area contributed by atoms with Gasteiger partial charge in [-0.05, 0) is 55.2 Å². The first kappa shape index (κ1) is 19.7. The first-order valence-corrected chi connectivity index (χ1v) is 10.6. The highest BCUT2D eigenvalue weighted by Crippen LogP contribution is 2.30. The minimum atomic E-state index is -3.94. The molecule has 5 nitrogen and oxygen atoms in total. The molecular formula is C19H18Cl2N2O3S. The maximum Gasteiger partial charge on any atom is 0.264 e. The Balaban J connectivity index is 1.66. The summed E-state index contributed by atoms with van der Waals surface area (Å²) in [4.78, 5) is 11.9. The zero-order valence-electron chi connectivity index (χ0n) is 14.3. The molecule has 2 aromatic carbocycles. The average molecular weight is 425 g/mol. The van der Waals surface area contributed by atoms with E-state index in [4.69, 9.17) is 23.2 Å². The van der Waals surface area contributed by atoms with Crippen molar-refractivity contribution in [2.45, 2.75) is 24.2 Å². The molecule has 0 heterocycles. The molecule has 2 aromatic rings. The van der Waals surface area contributed by atoms with Gasteiger partial charge in [0.05, 0.1) is 10.0 Å². The zero-order chi connectivity index (χ0) is 19.4. The molecule has 27 heavy (non-hydrogen) atoms. The van der Waals surface area contributed by atoms with Gasteiger partial charge in [0.2, 0.25) is 5.91 Å². The SMILES string of the molecule is O=C(CC1C=CCC1)Nc1ccc(NS(=O)(=O)c2c(Cl)cccc2Cl)cc1. The molecule has 1 aliphatic rings. The summed E-state index contributed by atoms with van der Waals surface area (Å²) in [6, 6.07) is 10.9. The third-order valence-electron chi connectivity index (χ3n) is 4.17. The molecule has 1 unspecified atom stereocenters. The number of nitrogens with one attached hydrogen (secondary N) is 2. The smallest absolute Gasteiger partial charge is 0.264 e. The Hall–Kier alpha value is -2.02. The van der Waals surface area contributed by atoms with Gasteiger partial charge in [-0.25, -0.2) is 8.42 Å². The number of anilines is 2. The Morgan fingerprint density at radius 3 is 2.26 bits per heavy atom. The molecule has 0 radical (unpaired) electrons. The van der Waals surface area contributed by atoms with Crippen LogP contribution in [0.15, 0.2) is 59.5 Å². The van der Waals surface area contributed by atoms with Crippen molar-refractivity contribution >= 4 is 50.5 Å². The van der Waals surface area contributed by atoms with E-state index in [-0.39, 0.29) is 26.8 Å². The number of amides is 1. The second-order valence-electron chi connectivity index (χ2n) is 6.25. The molecule has 0 saturated heterocycles. The lowest BCUT2D eigenvalue weighted by atomic mass is 10.1. The molecule has 3 rings (SSSR count). The van der Waals surface area contributed by atoms with Crippen molar-refractivity contribution in [3.63, 3.8) is 0 Å². The number of carbonyl (C=O) groups is 1. The van der Waals surface area contributed by atoms with Gasteiger partial charge in [-0.3, -0.25) is 9.52 Å². The van der Waals surface area contributed by atoms with Gasteiger partial charge in [0.25, 0.3) is 10.0 Å². The standard InChI is InChI=1S/C19H18Cl2N2O3S/c20-16-6-3-7-17(21)19(16)27(25,26)23-15-10-8-14(9-11-15)22-18(24)12-13-4-1-2-5-13/h1,3-4,6-11,13,23H,2,5,12H2,(H,22,24). The van der Waals surface area contributed by atoms with Gasteiger partial charge in [0.15, 0.2) is 0 Å². The predicted molar refractivity (Wildman–Crippen MR) is 109 cm³/mol. The molecule has 1 aliphatic carbocycles. The highest BCUT2D eigenvalue weighted by molar-refractivity contribution is 7.93. The topological polar surface area (TPSA) is 75.3 Å². The maximum absolute atomic E-state index is 12.5. The molecule has 0 spiro atoms. The van der Waals surface area contributed by atoms with Crippen LogP contribution in [0.2, 0.25) is 10.0 Å². The number of allylic oxidation sites excluding steroid dienone is 2. The summed E-state index contributed by atoms with van der Waals surface area (Å²) in [5.74, 6) is 0.221. The molecule has 2 N–H and O–H groups in total. The number of halogens is 2. The Morgan fingerprint density at radius 2 is 1.67 bits per heavy atom. The predicted octanol–water partition coefficient (Wildman–Crippen LogP) is 5.09. The van der Waals surface area contributed by atoms with E-state index in [2.05, 4.69) is 22.2 Å². The van der Waals surface area contributed by atoms with Crippen LogP contribution in [-0.4, -0.2) is 14.3 Å². The summed E-state index contributed by atoms with van der Waals surface area (Å²) in [5.41, 5.74) is 0.934. The summed E-state index contributed by atoms with van der Waals surface area (Å²) >= 11 is 12.0. The van der Waals surface area contributed by atoms with Crippen LogP contribution in [0.1, 0.15) is 19.3 Å². The lowest BCUT2D eigenvalue weighted by Crippen LogP contribution is -2.15. The molecule has 142 valence electrons. The van der Waals surface area contributed by atoms with E-state index >= 15 is 0 Å². The van der Waals surface area contributed by atoms with Crippen LogP contribution in [-0.2, 0) is 14.8 Å². The van der Waals surface area contributed by atoms with Gasteiger partial charge in [0, 0.05) is 17.8 Å². The van der Waals surface area contributed by atoms with Crippen molar-refractivity contribution in [3.05, 3.63) is 64.7 Å². The van der Waals surface area contributed by atoms with E-state index in [1.807, 2.05) is 0 Å². The van der Waals surface area contributed by atoms with Gasteiger partial charge < -0.3 is 5.32 Å². The molecule has 0 saturated carbocycles. The highest BCUT2D eigenvalue weighted by Gasteiger charge is 2.21. The van der Waals surface area contributed by atoms with E-state index in [9.17, 15) is 13.2 Å². The summed E-state index contributed by atoms with van der Waals surface area (Å²) in [6.07, 6.45) is 6.61. The van der Waals surface area contributed by atoms with Gasteiger partial charge in [-0.2, -0.15) is 0 Å². The van der Waals surface area contributed by atoms with Gasteiger partial charge in [0.1, 0.15) is 4.90 Å². The summed E-state index contributed by atoms with van der Waals surface area (Å²) < 4.78 is 27.5. The molecule has 0 aliphatic heterocycles. The fraction of sp³-hybridized carbons (Fsp3) is 0.211. The maximum atomic E-state index is 12.5. The summed E-state index contributed by atoms with van der Waals surface area (Å²) in [5, 5.41) is 2.90. The lowest BCUT2D eigenvalue weighted by molar-refractivity contribution is -0.116. The summed E-state index contributed by atoms with van der Waals surface area (Å²) in [7, 11) is -3.94. The van der Waals surface area contributed by atoms with E-state index in [0.717, 1.165) is 12.8 Å². The van der Waals surface area contributed by atoms with Gasteiger partial charge in [-0.1, -0.05) is 41.4 Å². The Labute approximate surface area is 168 Å². The Morgan fingerprint density at radius 1 is 1.04 bits per heavy atom. The quantitative estimate of drug-likeness (QED) is 0.634. The van der Waals surface area contributed by atoms with Gasteiger partial charge >= 0.3 is 0 Å². The van der Waals surface area contributed by atoms with Crippen molar-refractivity contribution in [2.24, 2.45) is 5.92 Å². The molecule has 0 aromatic heterocycles. The monoisotopic (exact) mass is 424 g/mol. The number of rotatable bonds is 6. The van der Waals surface area contributed by atoms with Crippen LogP contribution < -0.4 is 10.0 Å². The molecule has 0 fully saturated rings. The van der Waals surface area contributed by atoms with Crippen LogP contribution in [0.25, 0.3) is 0 Å². The Bertz CT molecular complexity index is 953. The number of carbonyl (C=O) groups excluding carboxylic acids is 1. The minimum Gasteiger partial charge on any atom is -0.326 e. The fourth-order valence-corrected chi connectivity index (χ4v) is 5.09.